The van der Waals surface area contributed by atoms with Crippen LogP contribution in [0.5, 0.6) is 0 Å². The first kappa shape index (κ1) is 20.7. The molecule has 5 aliphatic rings. The Hall–Kier alpha value is -1.85. The van der Waals surface area contributed by atoms with Crippen molar-refractivity contribution in [1.82, 2.24) is 15.6 Å². The Balaban J connectivity index is 1.17. The van der Waals surface area contributed by atoms with E-state index in [1.807, 2.05) is 24.3 Å². The average molecular weight is 453 g/mol. The fourth-order valence-electron chi connectivity index (χ4n) is 7.59. The predicted octanol–water partition coefficient (Wildman–Crippen LogP) is 4.63. The van der Waals surface area contributed by atoms with E-state index in [-0.39, 0.29) is 5.91 Å². The van der Waals surface area contributed by atoms with Crippen LogP contribution in [0.4, 0.5) is 5.82 Å². The van der Waals surface area contributed by atoms with Crippen LogP contribution in [0.2, 0.25) is 5.02 Å². The van der Waals surface area contributed by atoms with E-state index < -0.39 is 0 Å². The standard InChI is InChI=1S/C26H33ClN4O/c27-21-2-3-22-20(1-4-23(30-22)31-9-7-28-8-10-31)24(21)25(32)29-6-5-26-14-17-11-18(15-26)13-19(12-17)16-26/h1-4,17-19,28H,5-16H2,(H,29,32). The van der Waals surface area contributed by atoms with E-state index in [2.05, 4.69) is 15.5 Å². The zero-order valence-corrected chi connectivity index (χ0v) is 19.5. The van der Waals surface area contributed by atoms with E-state index in [0.717, 1.165) is 73.6 Å². The maximum atomic E-state index is 13.2. The third-order valence-corrected chi connectivity index (χ3v) is 8.89. The molecule has 1 saturated heterocycles. The number of nitrogens with one attached hydrogen (secondary N) is 2. The summed E-state index contributed by atoms with van der Waals surface area (Å²) in [7, 11) is 0. The van der Waals surface area contributed by atoms with Crippen molar-refractivity contribution in [3.05, 3.63) is 34.9 Å². The topological polar surface area (TPSA) is 57.3 Å². The number of rotatable bonds is 5. The Morgan fingerprint density at radius 1 is 1.06 bits per heavy atom. The number of aromatic nitrogens is 1. The van der Waals surface area contributed by atoms with Crippen LogP contribution in [-0.4, -0.2) is 43.6 Å². The number of pyridine rings is 1. The lowest BCUT2D eigenvalue weighted by molar-refractivity contribution is -0.0564. The minimum atomic E-state index is -0.0675. The van der Waals surface area contributed by atoms with Gasteiger partial charge in [-0.05, 0) is 92.4 Å². The Morgan fingerprint density at radius 2 is 1.75 bits per heavy atom. The van der Waals surface area contributed by atoms with Crippen molar-refractivity contribution >= 4 is 34.2 Å². The molecule has 6 heteroatoms. The minimum Gasteiger partial charge on any atom is -0.354 e. The van der Waals surface area contributed by atoms with Crippen LogP contribution in [0.3, 0.4) is 0 Å². The highest BCUT2D eigenvalue weighted by molar-refractivity contribution is 6.35. The van der Waals surface area contributed by atoms with Crippen molar-refractivity contribution in [2.24, 2.45) is 23.2 Å². The first-order valence-corrected chi connectivity index (χ1v) is 12.8. The number of fused-ring (bicyclic) bond motifs is 1. The summed E-state index contributed by atoms with van der Waals surface area (Å²) < 4.78 is 0. The molecular formula is C26H33ClN4O. The van der Waals surface area contributed by atoms with Gasteiger partial charge in [0.25, 0.3) is 5.91 Å². The van der Waals surface area contributed by atoms with Gasteiger partial charge in [-0.1, -0.05) is 11.6 Å². The second-order valence-corrected chi connectivity index (χ2v) is 11.2. The summed E-state index contributed by atoms with van der Waals surface area (Å²) in [5, 5.41) is 7.93. The van der Waals surface area contributed by atoms with E-state index in [1.54, 1.807) is 0 Å². The summed E-state index contributed by atoms with van der Waals surface area (Å²) in [6, 6.07) is 7.78. The van der Waals surface area contributed by atoms with Crippen molar-refractivity contribution in [3.8, 4) is 0 Å². The summed E-state index contributed by atoms with van der Waals surface area (Å²) in [6.45, 7) is 4.58. The highest BCUT2D eigenvalue weighted by Gasteiger charge is 2.50. The molecule has 1 aliphatic heterocycles. The normalized spacial score (nSPS) is 31.3. The summed E-state index contributed by atoms with van der Waals surface area (Å²) in [5.74, 6) is 3.73. The Morgan fingerprint density at radius 3 is 2.44 bits per heavy atom. The first-order chi connectivity index (χ1) is 15.6. The molecule has 1 aromatic carbocycles. The van der Waals surface area contributed by atoms with Gasteiger partial charge in [0, 0.05) is 38.1 Å². The number of benzene rings is 1. The molecule has 5 nitrogen and oxygen atoms in total. The summed E-state index contributed by atoms with van der Waals surface area (Å²) in [5.41, 5.74) is 1.87. The van der Waals surface area contributed by atoms with Crippen molar-refractivity contribution in [2.75, 3.05) is 37.6 Å². The molecule has 7 rings (SSSR count). The van der Waals surface area contributed by atoms with E-state index >= 15 is 0 Å². The molecule has 0 atom stereocenters. The average Bonchev–Trinajstić information content (AvgIpc) is 2.78. The van der Waals surface area contributed by atoms with E-state index in [4.69, 9.17) is 16.6 Å². The molecule has 2 heterocycles. The quantitative estimate of drug-likeness (QED) is 0.694. The second kappa shape index (κ2) is 8.18. The van der Waals surface area contributed by atoms with Crippen molar-refractivity contribution < 1.29 is 4.79 Å². The molecule has 5 fully saturated rings. The Bertz CT molecular complexity index is 997. The third-order valence-electron chi connectivity index (χ3n) is 8.58. The Labute approximate surface area is 195 Å². The molecule has 2 N–H and O–H groups in total. The zero-order valence-electron chi connectivity index (χ0n) is 18.7. The summed E-state index contributed by atoms with van der Waals surface area (Å²) in [4.78, 5) is 20.3. The van der Waals surface area contributed by atoms with Crippen molar-refractivity contribution in [2.45, 2.75) is 44.9 Å². The fourth-order valence-corrected chi connectivity index (χ4v) is 7.84. The number of carbonyl (C=O) groups is 1. The number of nitrogens with zero attached hydrogens (tertiary/aromatic N) is 2. The number of anilines is 1. The number of carbonyl (C=O) groups excluding carboxylic acids is 1. The summed E-state index contributed by atoms with van der Waals surface area (Å²) >= 11 is 6.51. The number of hydrogen-bond acceptors (Lipinski definition) is 4. The van der Waals surface area contributed by atoms with E-state index in [0.29, 0.717) is 16.0 Å². The van der Waals surface area contributed by atoms with E-state index in [9.17, 15) is 4.79 Å². The monoisotopic (exact) mass is 452 g/mol. The third kappa shape index (κ3) is 3.77. The molecule has 4 saturated carbocycles. The van der Waals surface area contributed by atoms with Crippen LogP contribution < -0.4 is 15.5 Å². The van der Waals surface area contributed by atoms with Gasteiger partial charge in [-0.3, -0.25) is 4.79 Å². The largest absolute Gasteiger partial charge is 0.354 e. The number of halogens is 1. The van der Waals surface area contributed by atoms with Crippen LogP contribution in [0.25, 0.3) is 10.9 Å². The number of piperazine rings is 1. The highest BCUT2D eigenvalue weighted by Crippen LogP contribution is 2.61. The molecular weight excluding hydrogens is 420 g/mol. The van der Waals surface area contributed by atoms with Gasteiger partial charge in [-0.2, -0.15) is 0 Å². The highest BCUT2D eigenvalue weighted by atomic mass is 35.5. The molecule has 32 heavy (non-hydrogen) atoms. The molecule has 170 valence electrons. The number of amides is 1. The summed E-state index contributed by atoms with van der Waals surface area (Å²) in [6.07, 6.45) is 9.62. The molecule has 1 aromatic heterocycles. The van der Waals surface area contributed by atoms with Crippen molar-refractivity contribution in [1.29, 1.82) is 0 Å². The van der Waals surface area contributed by atoms with Gasteiger partial charge < -0.3 is 15.5 Å². The zero-order chi connectivity index (χ0) is 21.7. The number of hydrogen-bond donors (Lipinski definition) is 2. The van der Waals surface area contributed by atoms with E-state index in [1.165, 1.54) is 38.5 Å². The maximum absolute atomic E-state index is 13.2. The molecule has 0 spiro atoms. The van der Waals surface area contributed by atoms with Crippen LogP contribution in [-0.2, 0) is 0 Å². The molecule has 4 bridgehead atoms. The molecule has 0 unspecified atom stereocenters. The first-order valence-electron chi connectivity index (χ1n) is 12.4. The SMILES string of the molecule is O=C(NCCC12CC3CC(CC(C3)C1)C2)c1c(Cl)ccc2nc(N3CCNCC3)ccc12. The van der Waals surface area contributed by atoms with Crippen LogP contribution in [0.1, 0.15) is 55.3 Å². The van der Waals surface area contributed by atoms with Gasteiger partial charge in [0.15, 0.2) is 0 Å². The maximum Gasteiger partial charge on any atom is 0.253 e. The molecule has 1 amide bonds. The molecule has 0 radical (unpaired) electrons. The van der Waals surface area contributed by atoms with Gasteiger partial charge in [0.1, 0.15) is 5.82 Å². The van der Waals surface area contributed by atoms with Gasteiger partial charge in [0.05, 0.1) is 16.1 Å². The predicted molar refractivity (Wildman–Crippen MR) is 129 cm³/mol. The van der Waals surface area contributed by atoms with Crippen LogP contribution in [0, 0.1) is 23.2 Å². The lowest BCUT2D eigenvalue weighted by atomic mass is 9.49. The lowest BCUT2D eigenvalue weighted by Gasteiger charge is -2.57. The van der Waals surface area contributed by atoms with Gasteiger partial charge in [-0.15, -0.1) is 0 Å². The van der Waals surface area contributed by atoms with Crippen LogP contribution in [0.15, 0.2) is 24.3 Å². The lowest BCUT2D eigenvalue weighted by Crippen LogP contribution is -2.47. The Kier molecular flexibility index (Phi) is 5.30. The minimum absolute atomic E-state index is 0.0675. The second-order valence-electron chi connectivity index (χ2n) is 10.8. The fraction of sp³-hybridized carbons (Fsp3) is 0.615. The van der Waals surface area contributed by atoms with Gasteiger partial charge in [-0.25, -0.2) is 4.98 Å². The molecule has 4 aliphatic carbocycles. The van der Waals surface area contributed by atoms with Crippen molar-refractivity contribution in [3.63, 3.8) is 0 Å². The smallest absolute Gasteiger partial charge is 0.253 e. The van der Waals surface area contributed by atoms with Gasteiger partial charge in [0.2, 0.25) is 0 Å². The van der Waals surface area contributed by atoms with Crippen LogP contribution >= 0.6 is 11.6 Å². The van der Waals surface area contributed by atoms with Gasteiger partial charge >= 0.3 is 0 Å². The molecule has 2 aromatic rings.